The van der Waals surface area contributed by atoms with Crippen LogP contribution in [0.1, 0.15) is 31.2 Å². The molecular weight excluding hydrogens is 392 g/mol. The predicted molar refractivity (Wildman–Crippen MR) is 108 cm³/mol. The summed E-state index contributed by atoms with van der Waals surface area (Å²) < 4.78 is 0. The number of carbonyl (C=O) groups is 1. The van der Waals surface area contributed by atoms with Crippen molar-refractivity contribution in [2.75, 3.05) is 25.0 Å². The van der Waals surface area contributed by atoms with Crippen molar-refractivity contribution in [2.45, 2.75) is 44.2 Å². The smallest absolute Gasteiger partial charge is 0.230 e. The highest BCUT2D eigenvalue weighted by atomic mass is 79.9. The summed E-state index contributed by atoms with van der Waals surface area (Å²) in [6, 6.07) is 9.77. The van der Waals surface area contributed by atoms with Gasteiger partial charge in [0.1, 0.15) is 0 Å². The van der Waals surface area contributed by atoms with E-state index in [1.165, 1.54) is 25.7 Å². The molecule has 0 spiro atoms. The largest absolute Gasteiger partial charge is 0.390 e. The van der Waals surface area contributed by atoms with Crippen molar-refractivity contribution in [3.05, 3.63) is 47.5 Å². The van der Waals surface area contributed by atoms with Crippen molar-refractivity contribution in [3.63, 3.8) is 0 Å². The van der Waals surface area contributed by atoms with Gasteiger partial charge in [-0.1, -0.05) is 57.9 Å². The molecule has 1 heterocycles. The summed E-state index contributed by atoms with van der Waals surface area (Å²) in [6.07, 6.45) is 7.48. The minimum absolute atomic E-state index is 0.0846. The second-order valence-electron chi connectivity index (χ2n) is 7.50. The van der Waals surface area contributed by atoms with Gasteiger partial charge in [-0.05, 0) is 50.1 Å². The van der Waals surface area contributed by atoms with Crippen LogP contribution in [0.25, 0.3) is 0 Å². The molecule has 2 N–H and O–H groups in total. The van der Waals surface area contributed by atoms with Crippen LogP contribution in [0.15, 0.2) is 42.0 Å². The quantitative estimate of drug-likeness (QED) is 0.526. The molecule has 3 unspecified atom stereocenters. The lowest BCUT2D eigenvalue weighted by Crippen LogP contribution is -2.51. The third-order valence-corrected chi connectivity index (χ3v) is 6.07. The van der Waals surface area contributed by atoms with Crippen LogP contribution in [0.4, 0.5) is 0 Å². The number of amides is 1. The first-order valence-electron chi connectivity index (χ1n) is 9.64. The van der Waals surface area contributed by atoms with Crippen LogP contribution in [0.5, 0.6) is 0 Å². The number of likely N-dealkylation sites (tertiary alicyclic amines) is 1. The fraction of sp³-hybridized carbons (Fsp3) is 0.571. The van der Waals surface area contributed by atoms with E-state index >= 15 is 0 Å². The number of aliphatic hydroxyl groups is 1. The number of alkyl halides is 1. The van der Waals surface area contributed by atoms with Gasteiger partial charge in [-0.2, -0.15) is 0 Å². The summed E-state index contributed by atoms with van der Waals surface area (Å²) >= 11 is 3.20. The van der Waals surface area contributed by atoms with Gasteiger partial charge >= 0.3 is 0 Å². The second kappa shape index (κ2) is 9.67. The van der Waals surface area contributed by atoms with E-state index in [1.54, 1.807) is 5.57 Å². The predicted octanol–water partition coefficient (Wildman–Crippen LogP) is 2.90. The number of carbonyl (C=O) groups excluding carboxylic acids is 1. The molecule has 26 heavy (non-hydrogen) atoms. The molecular formula is C21H29BrN2O2. The van der Waals surface area contributed by atoms with E-state index in [4.69, 9.17) is 0 Å². The molecule has 1 aliphatic carbocycles. The zero-order valence-electron chi connectivity index (χ0n) is 15.2. The van der Waals surface area contributed by atoms with Crippen molar-refractivity contribution in [3.8, 4) is 0 Å². The average Bonchev–Trinajstić information content (AvgIpc) is 2.68. The third kappa shape index (κ3) is 5.41. The maximum atomic E-state index is 11.9. The molecule has 2 aliphatic rings. The summed E-state index contributed by atoms with van der Waals surface area (Å²) in [6.45, 7) is 2.60. The molecule has 1 saturated heterocycles. The van der Waals surface area contributed by atoms with Gasteiger partial charge in [-0.3, -0.25) is 9.69 Å². The zero-order valence-corrected chi connectivity index (χ0v) is 16.8. The number of halogens is 1. The number of piperidine rings is 1. The van der Waals surface area contributed by atoms with Crippen molar-refractivity contribution >= 4 is 21.8 Å². The summed E-state index contributed by atoms with van der Waals surface area (Å²) in [7, 11) is 0. The monoisotopic (exact) mass is 420 g/mol. The van der Waals surface area contributed by atoms with Gasteiger partial charge in [0.05, 0.1) is 17.5 Å². The number of hydrogen-bond acceptors (Lipinski definition) is 3. The Balaban J connectivity index is 1.61. The van der Waals surface area contributed by atoms with Gasteiger partial charge < -0.3 is 10.4 Å². The highest BCUT2D eigenvalue weighted by Crippen LogP contribution is 2.31. The van der Waals surface area contributed by atoms with Crippen LogP contribution in [0.2, 0.25) is 0 Å². The summed E-state index contributed by atoms with van der Waals surface area (Å²) in [5.74, 6) is 0.670. The molecule has 1 fully saturated rings. The lowest BCUT2D eigenvalue weighted by Gasteiger charge is -2.38. The standard InChI is InChI=1S/C21H29BrN2O2/c22-13-21(26)23-19(12-16-6-2-1-3-7-16)20(25)15-24-11-10-17-8-4-5-9-18(17)14-24/h1-3,6-7,9,17,19-20,25H,4-5,8,10-15H2,(H,23,26). The lowest BCUT2D eigenvalue weighted by atomic mass is 9.82. The number of aliphatic hydroxyl groups excluding tert-OH is 1. The zero-order chi connectivity index (χ0) is 18.4. The molecule has 1 aromatic rings. The topological polar surface area (TPSA) is 52.6 Å². The van der Waals surface area contributed by atoms with Crippen LogP contribution in [0, 0.1) is 5.92 Å². The fourth-order valence-electron chi connectivity index (χ4n) is 4.15. The fourth-order valence-corrected chi connectivity index (χ4v) is 4.31. The van der Waals surface area contributed by atoms with E-state index in [0.29, 0.717) is 13.0 Å². The Morgan fingerprint density at radius 3 is 2.88 bits per heavy atom. The van der Waals surface area contributed by atoms with Crippen LogP contribution in [0.3, 0.4) is 0 Å². The summed E-state index contributed by atoms with van der Waals surface area (Å²) in [5, 5.41) is 14.1. The summed E-state index contributed by atoms with van der Waals surface area (Å²) in [4.78, 5) is 14.2. The van der Waals surface area contributed by atoms with E-state index in [0.717, 1.165) is 24.6 Å². The van der Waals surface area contributed by atoms with Gasteiger partial charge in [0.2, 0.25) is 5.91 Å². The van der Waals surface area contributed by atoms with Crippen molar-refractivity contribution in [1.82, 2.24) is 10.2 Å². The number of β-amino-alcohol motifs (C(OH)–C–C–N with tert-alkyl or cyclic N) is 1. The SMILES string of the molecule is O=C(CBr)NC(Cc1ccccc1)C(O)CN1CCC2CCCC=C2C1. The van der Waals surface area contributed by atoms with E-state index in [1.807, 2.05) is 30.3 Å². The number of rotatable bonds is 7. The van der Waals surface area contributed by atoms with Crippen LogP contribution >= 0.6 is 15.9 Å². The normalized spacial score (nSPS) is 22.8. The van der Waals surface area contributed by atoms with E-state index < -0.39 is 6.10 Å². The maximum absolute atomic E-state index is 11.9. The highest BCUT2D eigenvalue weighted by molar-refractivity contribution is 9.09. The van der Waals surface area contributed by atoms with Crippen molar-refractivity contribution < 1.29 is 9.90 Å². The first-order chi connectivity index (χ1) is 12.7. The molecule has 142 valence electrons. The van der Waals surface area contributed by atoms with Gasteiger partial charge in [0, 0.05) is 13.1 Å². The van der Waals surface area contributed by atoms with Crippen LogP contribution in [-0.4, -0.2) is 53.0 Å². The van der Waals surface area contributed by atoms with Crippen molar-refractivity contribution in [1.29, 1.82) is 0 Å². The number of hydrogen-bond donors (Lipinski definition) is 2. The third-order valence-electron chi connectivity index (χ3n) is 5.56. The first kappa shape index (κ1) is 19.6. The average molecular weight is 421 g/mol. The molecule has 0 saturated carbocycles. The first-order valence-corrected chi connectivity index (χ1v) is 10.8. The molecule has 1 amide bonds. The van der Waals surface area contributed by atoms with Gasteiger partial charge in [0.25, 0.3) is 0 Å². The van der Waals surface area contributed by atoms with E-state index in [9.17, 15) is 9.90 Å². The minimum Gasteiger partial charge on any atom is -0.390 e. The Kier molecular flexibility index (Phi) is 7.29. The number of allylic oxidation sites excluding steroid dienone is 1. The van der Waals surface area contributed by atoms with Crippen LogP contribution in [-0.2, 0) is 11.2 Å². The minimum atomic E-state index is -0.584. The van der Waals surface area contributed by atoms with Crippen LogP contribution < -0.4 is 5.32 Å². The Morgan fingerprint density at radius 2 is 2.12 bits per heavy atom. The highest BCUT2D eigenvalue weighted by Gasteiger charge is 2.29. The number of benzene rings is 1. The van der Waals surface area contributed by atoms with E-state index in [-0.39, 0.29) is 17.3 Å². The molecule has 0 bridgehead atoms. The van der Waals surface area contributed by atoms with Crippen molar-refractivity contribution in [2.24, 2.45) is 5.92 Å². The van der Waals surface area contributed by atoms with E-state index in [2.05, 4.69) is 32.2 Å². The van der Waals surface area contributed by atoms with Gasteiger partial charge in [-0.15, -0.1) is 0 Å². The Labute approximate surface area is 164 Å². The van der Waals surface area contributed by atoms with Gasteiger partial charge in [-0.25, -0.2) is 0 Å². The Hall–Kier alpha value is -1.17. The molecule has 1 aliphatic heterocycles. The molecule has 5 heteroatoms. The number of fused-ring (bicyclic) bond motifs is 1. The number of nitrogens with zero attached hydrogens (tertiary/aromatic N) is 1. The molecule has 4 nitrogen and oxygen atoms in total. The molecule has 3 rings (SSSR count). The molecule has 3 atom stereocenters. The number of nitrogens with one attached hydrogen (secondary N) is 1. The van der Waals surface area contributed by atoms with Gasteiger partial charge in [0.15, 0.2) is 0 Å². The molecule has 1 aromatic carbocycles. The lowest BCUT2D eigenvalue weighted by molar-refractivity contribution is -0.120. The molecule has 0 radical (unpaired) electrons. The second-order valence-corrected chi connectivity index (χ2v) is 8.06. The molecule has 0 aromatic heterocycles. The maximum Gasteiger partial charge on any atom is 0.230 e. The summed E-state index contributed by atoms with van der Waals surface area (Å²) in [5.41, 5.74) is 2.68. The Morgan fingerprint density at radius 1 is 1.31 bits per heavy atom. The Bertz CT molecular complexity index is 620.